The molecule has 2 aromatic rings. The molecule has 0 unspecified atom stereocenters. The lowest BCUT2D eigenvalue weighted by Gasteiger charge is -1.93. The van der Waals surface area contributed by atoms with E-state index in [-0.39, 0.29) is 5.78 Å². The molecule has 0 radical (unpaired) electrons. The molecule has 0 atom stereocenters. The van der Waals surface area contributed by atoms with Gasteiger partial charge in [-0.25, -0.2) is 0 Å². The third-order valence-electron chi connectivity index (χ3n) is 2.18. The van der Waals surface area contributed by atoms with Gasteiger partial charge in [0.1, 0.15) is 12.0 Å². The molecule has 2 rings (SSSR count). The van der Waals surface area contributed by atoms with Gasteiger partial charge in [0.2, 0.25) is 0 Å². The fourth-order valence-electron chi connectivity index (χ4n) is 1.29. The molecule has 0 amide bonds. The first-order valence-electron chi connectivity index (χ1n) is 5.64. The summed E-state index contributed by atoms with van der Waals surface area (Å²) in [4.78, 5) is 16.9. The number of aryl methyl sites for hydroxylation is 2. The first-order chi connectivity index (χ1) is 9.47. The number of oxime groups is 1. The minimum atomic E-state index is 0.0440. The number of hydrogen-bond donors (Lipinski definition) is 0. The number of Topliss-reactive ketones (excluding diaryl/α,β-unsaturated/α-hetero) is 1. The van der Waals surface area contributed by atoms with Crippen molar-refractivity contribution in [3.63, 3.8) is 0 Å². The Morgan fingerprint density at radius 1 is 1.05 bits per heavy atom. The summed E-state index contributed by atoms with van der Waals surface area (Å²) >= 11 is 2.47. The van der Waals surface area contributed by atoms with Crippen LogP contribution in [0.4, 0.5) is 0 Å². The van der Waals surface area contributed by atoms with Gasteiger partial charge in [0.25, 0.3) is 0 Å². The van der Waals surface area contributed by atoms with Crippen molar-refractivity contribution in [3.05, 3.63) is 21.1 Å². The number of carbonyl (C=O) groups excluding carboxylic acids is 1. The van der Waals surface area contributed by atoms with Gasteiger partial charge in [0.15, 0.2) is 5.78 Å². The van der Waals surface area contributed by atoms with Gasteiger partial charge in [-0.2, -0.15) is 0 Å². The van der Waals surface area contributed by atoms with Crippen molar-refractivity contribution in [1.29, 1.82) is 0 Å². The minimum absolute atomic E-state index is 0.0440. The molecule has 7 nitrogen and oxygen atoms in total. The van der Waals surface area contributed by atoms with E-state index >= 15 is 0 Å². The summed E-state index contributed by atoms with van der Waals surface area (Å²) in [5.41, 5.74) is 2.45. The molecule has 20 heavy (non-hydrogen) atoms. The van der Waals surface area contributed by atoms with Crippen LogP contribution in [0.25, 0.3) is 0 Å². The molecular weight excluding hydrogens is 298 g/mol. The average Bonchev–Trinajstić information content (AvgIpc) is 2.98. The minimum Gasteiger partial charge on any atom is -0.399 e. The normalized spacial score (nSPS) is 10.8. The molecule has 0 saturated heterocycles. The number of aromatic nitrogens is 4. The monoisotopic (exact) mass is 313 g/mol. The highest BCUT2D eigenvalue weighted by atomic mass is 32.1. The molecule has 0 aromatic carbocycles. The van der Waals surface area contributed by atoms with Crippen LogP contribution in [0.15, 0.2) is 5.16 Å². The number of rotatable bonds is 3. The molecule has 0 fully saturated rings. The summed E-state index contributed by atoms with van der Waals surface area (Å²) in [6.45, 7) is 7.06. The molecule has 0 N–H and O–H groups in total. The Labute approximate surface area is 125 Å². The molecule has 108 valence electrons. The Balaban J connectivity index is 0.000000204. The Morgan fingerprint density at radius 3 is 1.85 bits per heavy atom. The highest BCUT2D eigenvalue weighted by Gasteiger charge is 2.06. The quantitative estimate of drug-likeness (QED) is 0.490. The first kappa shape index (κ1) is 16.3. The van der Waals surface area contributed by atoms with Crippen LogP contribution in [0.3, 0.4) is 0 Å². The summed E-state index contributed by atoms with van der Waals surface area (Å²) in [7, 11) is 1.52. The maximum atomic E-state index is 10.7. The molecule has 9 heteroatoms. The van der Waals surface area contributed by atoms with Crippen LogP contribution < -0.4 is 0 Å². The second-order valence-corrected chi connectivity index (χ2v) is 5.30. The second kappa shape index (κ2) is 7.75. The van der Waals surface area contributed by atoms with Crippen molar-refractivity contribution >= 4 is 34.6 Å². The smallest absolute Gasteiger partial charge is 0.173 e. The van der Waals surface area contributed by atoms with E-state index in [4.69, 9.17) is 0 Å². The number of ketones is 1. The molecule has 2 heterocycles. The van der Waals surface area contributed by atoms with Gasteiger partial charge in [-0.05, 0) is 43.8 Å². The Morgan fingerprint density at radius 2 is 1.55 bits per heavy atom. The molecule has 0 aliphatic rings. The van der Waals surface area contributed by atoms with Crippen molar-refractivity contribution in [2.45, 2.75) is 27.7 Å². The number of hydrogen-bond acceptors (Lipinski definition) is 9. The van der Waals surface area contributed by atoms with E-state index in [1.165, 1.54) is 25.6 Å². The van der Waals surface area contributed by atoms with E-state index < -0.39 is 0 Å². The van der Waals surface area contributed by atoms with Gasteiger partial charge in [-0.1, -0.05) is 14.1 Å². The van der Waals surface area contributed by atoms with E-state index in [0.29, 0.717) is 4.88 Å². The van der Waals surface area contributed by atoms with E-state index in [1.54, 1.807) is 6.92 Å². The highest BCUT2D eigenvalue weighted by molar-refractivity contribution is 7.08. The van der Waals surface area contributed by atoms with Gasteiger partial charge in [-0.15, -0.1) is 10.2 Å². The number of nitrogens with zero attached hydrogens (tertiary/aromatic N) is 5. The fourth-order valence-corrected chi connectivity index (χ4v) is 2.43. The Kier molecular flexibility index (Phi) is 6.32. The lowest BCUT2D eigenvalue weighted by molar-refractivity contribution is 0.102. The summed E-state index contributed by atoms with van der Waals surface area (Å²) in [5, 5.41) is 11.3. The zero-order valence-corrected chi connectivity index (χ0v) is 13.5. The lowest BCUT2D eigenvalue weighted by atomic mass is 10.3. The van der Waals surface area contributed by atoms with Gasteiger partial charge >= 0.3 is 0 Å². The highest BCUT2D eigenvalue weighted by Crippen LogP contribution is 2.10. The largest absolute Gasteiger partial charge is 0.399 e. The first-order valence-corrected chi connectivity index (χ1v) is 7.19. The van der Waals surface area contributed by atoms with Crippen LogP contribution in [-0.4, -0.2) is 37.8 Å². The summed E-state index contributed by atoms with van der Waals surface area (Å²) in [6.07, 6.45) is 0. The van der Waals surface area contributed by atoms with Crippen LogP contribution in [0, 0.1) is 13.8 Å². The van der Waals surface area contributed by atoms with Crippen LogP contribution in [0.5, 0.6) is 0 Å². The average molecular weight is 313 g/mol. The molecular formula is C11H15N5O2S2. The molecule has 0 spiro atoms. The SMILES string of the molecule is CC(=O)c1snnc1C.CO/N=C(\C)c1snnc1C. The topological polar surface area (TPSA) is 90.2 Å². The van der Waals surface area contributed by atoms with Gasteiger partial charge in [0.05, 0.1) is 22.0 Å². The van der Waals surface area contributed by atoms with E-state index in [9.17, 15) is 4.79 Å². The zero-order valence-electron chi connectivity index (χ0n) is 11.9. The summed E-state index contributed by atoms with van der Waals surface area (Å²) in [5.74, 6) is 0.0440. The third kappa shape index (κ3) is 4.42. The van der Waals surface area contributed by atoms with Crippen LogP contribution in [-0.2, 0) is 4.84 Å². The molecule has 2 aromatic heterocycles. The third-order valence-corrected chi connectivity index (χ3v) is 4.05. The summed E-state index contributed by atoms with van der Waals surface area (Å²) < 4.78 is 7.39. The van der Waals surface area contributed by atoms with Gasteiger partial charge < -0.3 is 4.84 Å². The van der Waals surface area contributed by atoms with Crippen molar-refractivity contribution in [2.75, 3.05) is 7.11 Å². The maximum absolute atomic E-state index is 10.7. The van der Waals surface area contributed by atoms with Crippen LogP contribution in [0.2, 0.25) is 0 Å². The summed E-state index contributed by atoms with van der Waals surface area (Å²) in [6, 6.07) is 0. The number of carbonyl (C=O) groups is 1. The zero-order chi connectivity index (χ0) is 15.1. The molecule has 0 aliphatic carbocycles. The van der Waals surface area contributed by atoms with Crippen LogP contribution in [0.1, 0.15) is 39.8 Å². The van der Waals surface area contributed by atoms with Crippen molar-refractivity contribution in [3.8, 4) is 0 Å². The van der Waals surface area contributed by atoms with E-state index in [1.807, 2.05) is 13.8 Å². The standard InChI is InChI=1S/C6H9N3OS.C5H6N2OS/c1-4-6(11-9-7-4)5(2)8-10-3;1-3-5(4(2)8)9-7-6-3/h1-3H3;1-2H3/b8-5+;. The van der Waals surface area contributed by atoms with Gasteiger partial charge in [0, 0.05) is 6.92 Å². The molecule has 0 saturated carbocycles. The predicted octanol–water partition coefficient (Wildman–Crippen LogP) is 2.27. The second-order valence-electron chi connectivity index (χ2n) is 3.79. The maximum Gasteiger partial charge on any atom is 0.173 e. The Hall–Kier alpha value is -1.74. The molecule has 0 aliphatic heterocycles. The van der Waals surface area contributed by atoms with Crippen molar-refractivity contribution in [1.82, 2.24) is 19.2 Å². The Bertz CT molecular complexity index is 605. The van der Waals surface area contributed by atoms with E-state index in [2.05, 4.69) is 29.2 Å². The lowest BCUT2D eigenvalue weighted by Crippen LogP contribution is -1.94. The van der Waals surface area contributed by atoms with E-state index in [0.717, 1.165) is 33.5 Å². The van der Waals surface area contributed by atoms with Crippen molar-refractivity contribution < 1.29 is 9.63 Å². The van der Waals surface area contributed by atoms with Gasteiger partial charge in [-0.3, -0.25) is 4.79 Å². The fraction of sp³-hybridized carbons (Fsp3) is 0.455. The van der Waals surface area contributed by atoms with Crippen molar-refractivity contribution in [2.24, 2.45) is 5.16 Å². The molecule has 0 bridgehead atoms. The van der Waals surface area contributed by atoms with Crippen LogP contribution >= 0.6 is 23.1 Å². The predicted molar refractivity (Wildman–Crippen MR) is 78.5 cm³/mol.